The topological polar surface area (TPSA) is 75.4 Å². The van der Waals surface area contributed by atoms with E-state index in [9.17, 15) is 15.0 Å². The number of hydrogen-bond acceptors (Lipinski definition) is 3. The summed E-state index contributed by atoms with van der Waals surface area (Å²) >= 11 is 0. The highest BCUT2D eigenvalue weighted by molar-refractivity contribution is 5.68. The second-order valence-corrected chi connectivity index (χ2v) is 16.1. The third-order valence-corrected chi connectivity index (χ3v) is 14.7. The van der Waals surface area contributed by atoms with Crippen LogP contribution in [0.5, 0.6) is 0 Å². The molecule has 5 saturated carbocycles. The highest BCUT2D eigenvalue weighted by atomic mass is 16.4. The second kappa shape index (κ2) is 8.69. The van der Waals surface area contributed by atoms with E-state index in [1.165, 1.54) is 48.7 Å². The lowest BCUT2D eigenvalue weighted by molar-refractivity contribution is -0.247. The highest BCUT2D eigenvalue weighted by Gasteiger charge is 2.70. The number of hydrogen-bond donors (Lipinski definition) is 2. The van der Waals surface area contributed by atoms with Gasteiger partial charge in [0.15, 0.2) is 0 Å². The van der Waals surface area contributed by atoms with Crippen molar-refractivity contribution in [2.45, 2.75) is 118 Å². The molecule has 5 nitrogen and oxygen atoms in total. The first-order valence-electron chi connectivity index (χ1n) is 15.8. The van der Waals surface area contributed by atoms with Gasteiger partial charge in [0.2, 0.25) is 0 Å². The molecule has 1 aromatic rings. The smallest absolute Gasteiger partial charge is 0.416 e. The summed E-state index contributed by atoms with van der Waals surface area (Å²) in [5, 5.41) is 20.8. The van der Waals surface area contributed by atoms with Crippen LogP contribution in [0, 0.1) is 56.7 Å². The number of aromatic nitrogens is 2. The minimum absolute atomic E-state index is 0.0175. The molecule has 0 aromatic carbocycles. The van der Waals surface area contributed by atoms with Crippen molar-refractivity contribution in [3.8, 4) is 0 Å². The standard InChI is InChI=1S/C34H52N2O3/c1-21(2)22-10-15-34(20-27-35-18-19-36(27)29(38)39)17-16-32(6)23(28(22)34)8-9-25-31(5)13-12-26(37)30(3,4)24(31)11-14-33(25,32)7/h18-19,22-26,28,37H,1,8-17,20H2,2-7H3,(H,38,39)/t22-,23+,24-,25+,26-,28+,31-,32+,33+,34+/m0/s1. The monoisotopic (exact) mass is 536 g/mol. The molecule has 0 bridgehead atoms. The predicted molar refractivity (Wildman–Crippen MR) is 154 cm³/mol. The Morgan fingerprint density at radius 1 is 0.974 bits per heavy atom. The average molecular weight is 537 g/mol. The summed E-state index contributed by atoms with van der Waals surface area (Å²) in [7, 11) is 0. The zero-order chi connectivity index (χ0) is 28.2. The lowest BCUT2D eigenvalue weighted by Crippen LogP contribution is -2.66. The fourth-order valence-electron chi connectivity index (χ4n) is 12.5. The van der Waals surface area contributed by atoms with Crippen molar-refractivity contribution in [3.63, 3.8) is 0 Å². The maximum atomic E-state index is 12.0. The van der Waals surface area contributed by atoms with Gasteiger partial charge < -0.3 is 10.2 Å². The Bertz CT molecular complexity index is 1170. The molecule has 5 heteroatoms. The largest absolute Gasteiger partial charge is 0.464 e. The third kappa shape index (κ3) is 3.53. The van der Waals surface area contributed by atoms with Crippen molar-refractivity contribution in [2.24, 2.45) is 56.7 Å². The molecular formula is C34H52N2O3. The van der Waals surface area contributed by atoms with Gasteiger partial charge in [-0.25, -0.2) is 14.3 Å². The van der Waals surface area contributed by atoms with Crippen molar-refractivity contribution in [1.29, 1.82) is 0 Å². The molecule has 5 aliphatic rings. The van der Waals surface area contributed by atoms with E-state index < -0.39 is 6.09 Å². The number of imidazole rings is 1. The molecule has 0 spiro atoms. The van der Waals surface area contributed by atoms with Crippen LogP contribution in [0.2, 0.25) is 0 Å². The van der Waals surface area contributed by atoms with Crippen LogP contribution in [0.4, 0.5) is 4.79 Å². The van der Waals surface area contributed by atoms with Crippen molar-refractivity contribution < 1.29 is 15.0 Å². The number of aliphatic hydroxyl groups is 1. The third-order valence-electron chi connectivity index (χ3n) is 14.7. The van der Waals surface area contributed by atoms with Crippen LogP contribution >= 0.6 is 0 Å². The Hall–Kier alpha value is -1.62. The molecule has 39 heavy (non-hydrogen) atoms. The molecule has 10 atom stereocenters. The van der Waals surface area contributed by atoms with Gasteiger partial charge in [0.1, 0.15) is 5.82 Å². The quantitative estimate of drug-likeness (QED) is 0.384. The van der Waals surface area contributed by atoms with Crippen molar-refractivity contribution in [3.05, 3.63) is 30.4 Å². The van der Waals surface area contributed by atoms with Gasteiger partial charge in [-0.1, -0.05) is 46.8 Å². The zero-order valence-electron chi connectivity index (χ0n) is 25.3. The Balaban J connectivity index is 1.39. The number of aliphatic hydroxyl groups excluding tert-OH is 1. The summed E-state index contributed by atoms with van der Waals surface area (Å²) in [4.78, 5) is 16.5. The predicted octanol–water partition coefficient (Wildman–Crippen LogP) is 7.97. The van der Waals surface area contributed by atoms with Crippen molar-refractivity contribution >= 4 is 6.09 Å². The molecule has 216 valence electrons. The Kier molecular flexibility index (Phi) is 6.14. The van der Waals surface area contributed by atoms with E-state index in [-0.39, 0.29) is 33.2 Å². The molecule has 0 radical (unpaired) electrons. The van der Waals surface area contributed by atoms with Crippen LogP contribution in [0.3, 0.4) is 0 Å². The molecule has 1 heterocycles. The first-order valence-corrected chi connectivity index (χ1v) is 15.8. The van der Waals surface area contributed by atoms with E-state index >= 15 is 0 Å². The number of rotatable bonds is 3. The van der Waals surface area contributed by atoms with Gasteiger partial charge in [-0.3, -0.25) is 0 Å². The molecule has 0 amide bonds. The summed E-state index contributed by atoms with van der Waals surface area (Å²) in [6.45, 7) is 19.3. The summed E-state index contributed by atoms with van der Waals surface area (Å²) in [6.07, 6.45) is 14.8. The van der Waals surface area contributed by atoms with E-state index in [0.29, 0.717) is 29.6 Å². The lowest BCUT2D eigenvalue weighted by atomic mass is 9.32. The van der Waals surface area contributed by atoms with E-state index in [1.54, 1.807) is 12.4 Å². The zero-order valence-corrected chi connectivity index (χ0v) is 25.3. The van der Waals surface area contributed by atoms with Crippen LogP contribution < -0.4 is 0 Å². The summed E-state index contributed by atoms with van der Waals surface area (Å²) in [5.74, 6) is 3.68. The molecule has 0 unspecified atom stereocenters. The molecular weight excluding hydrogens is 484 g/mol. The van der Waals surface area contributed by atoms with E-state index in [4.69, 9.17) is 0 Å². The molecule has 5 fully saturated rings. The van der Waals surface area contributed by atoms with Gasteiger partial charge >= 0.3 is 6.09 Å². The molecule has 6 rings (SSSR count). The van der Waals surface area contributed by atoms with Gasteiger partial charge in [0.05, 0.1) is 6.10 Å². The van der Waals surface area contributed by atoms with Crippen LogP contribution in [0.25, 0.3) is 0 Å². The summed E-state index contributed by atoms with van der Waals surface area (Å²) in [6, 6.07) is 0. The Morgan fingerprint density at radius 3 is 2.41 bits per heavy atom. The number of carboxylic acid groups (broad SMARTS) is 1. The first kappa shape index (κ1) is 27.5. The minimum atomic E-state index is -0.927. The molecule has 5 aliphatic carbocycles. The number of nitrogens with zero attached hydrogens (tertiary/aromatic N) is 2. The maximum Gasteiger partial charge on any atom is 0.416 e. The van der Waals surface area contributed by atoms with Crippen LogP contribution in [-0.2, 0) is 6.42 Å². The van der Waals surface area contributed by atoms with Crippen molar-refractivity contribution in [1.82, 2.24) is 9.55 Å². The average Bonchev–Trinajstić information content (AvgIpc) is 3.47. The van der Waals surface area contributed by atoms with Crippen molar-refractivity contribution in [2.75, 3.05) is 0 Å². The van der Waals surface area contributed by atoms with Gasteiger partial charge in [0.25, 0.3) is 0 Å². The molecule has 1 aromatic heterocycles. The van der Waals surface area contributed by atoms with Gasteiger partial charge in [-0.15, -0.1) is 0 Å². The first-order chi connectivity index (χ1) is 18.2. The number of carbonyl (C=O) groups is 1. The number of allylic oxidation sites excluding steroid dienone is 1. The van der Waals surface area contributed by atoms with Gasteiger partial charge in [-0.2, -0.15) is 0 Å². The molecule has 0 saturated heterocycles. The molecule has 2 N–H and O–H groups in total. The van der Waals surface area contributed by atoms with E-state index in [0.717, 1.165) is 37.9 Å². The van der Waals surface area contributed by atoms with E-state index in [1.807, 2.05) is 0 Å². The fraction of sp³-hybridized carbons (Fsp3) is 0.824. The number of fused-ring (bicyclic) bond motifs is 7. The van der Waals surface area contributed by atoms with Crippen LogP contribution in [-0.4, -0.2) is 32.0 Å². The fourth-order valence-corrected chi connectivity index (χ4v) is 12.5. The summed E-state index contributed by atoms with van der Waals surface area (Å²) in [5.41, 5.74) is 2.24. The van der Waals surface area contributed by atoms with Gasteiger partial charge in [-0.05, 0) is 128 Å². The minimum Gasteiger partial charge on any atom is -0.464 e. The van der Waals surface area contributed by atoms with Crippen LogP contribution in [0.15, 0.2) is 24.5 Å². The Labute approximate surface area is 235 Å². The normalized spacial score (nSPS) is 48.4. The van der Waals surface area contributed by atoms with E-state index in [2.05, 4.69) is 53.1 Å². The lowest BCUT2D eigenvalue weighted by Gasteiger charge is -2.73. The second-order valence-electron chi connectivity index (χ2n) is 16.1. The SMILES string of the molecule is C=C(C)[C@@H]1CC[C@]2(Cc3nccn3C(=O)O)CC[C@]3(C)[C@H](CC[C@@H]4[C@@]5(C)CC[C@H](O)C(C)(C)[C@@H]5CC[C@]43C)[C@@H]12. The highest BCUT2D eigenvalue weighted by Crippen LogP contribution is 2.77. The van der Waals surface area contributed by atoms with Crippen LogP contribution in [0.1, 0.15) is 112 Å². The maximum absolute atomic E-state index is 12.0. The molecule has 0 aliphatic heterocycles. The summed E-state index contributed by atoms with van der Waals surface area (Å²) < 4.78 is 1.35. The van der Waals surface area contributed by atoms with Gasteiger partial charge in [0, 0.05) is 18.8 Å². The Morgan fingerprint density at radius 2 is 1.72 bits per heavy atom.